The summed E-state index contributed by atoms with van der Waals surface area (Å²) in [5.74, 6) is -0.990. The number of carbonyl (C=O) groups is 1. The number of aryl methyl sites for hydroxylation is 1. The van der Waals surface area contributed by atoms with Crippen LogP contribution in [-0.2, 0) is 19.6 Å². The van der Waals surface area contributed by atoms with E-state index in [1.54, 1.807) is 30.5 Å². The fourth-order valence-corrected chi connectivity index (χ4v) is 3.49. The molecule has 1 aromatic heterocycles. The Morgan fingerprint density at radius 3 is 2.39 bits per heavy atom. The molecule has 0 saturated carbocycles. The van der Waals surface area contributed by atoms with Crippen molar-refractivity contribution in [1.29, 1.82) is 0 Å². The zero-order valence-corrected chi connectivity index (χ0v) is 18.1. The SMILES string of the molecule is CCc1ccccc1NC(=O)c1cn(Cc2cccc(F)c2)nc1OCc1cccc(F)c1. The Kier molecular flexibility index (Phi) is 6.78. The second-order valence-electron chi connectivity index (χ2n) is 7.56. The van der Waals surface area contributed by atoms with Gasteiger partial charge in [-0.25, -0.2) is 8.78 Å². The summed E-state index contributed by atoms with van der Waals surface area (Å²) < 4.78 is 34.4. The van der Waals surface area contributed by atoms with Crippen LogP contribution in [0.2, 0.25) is 0 Å². The van der Waals surface area contributed by atoms with Crippen molar-refractivity contribution in [1.82, 2.24) is 9.78 Å². The smallest absolute Gasteiger partial charge is 0.262 e. The average molecular weight is 447 g/mol. The van der Waals surface area contributed by atoms with Crippen LogP contribution < -0.4 is 10.1 Å². The number of rotatable bonds is 8. The van der Waals surface area contributed by atoms with Gasteiger partial charge >= 0.3 is 0 Å². The van der Waals surface area contributed by atoms with Crippen LogP contribution in [0.4, 0.5) is 14.5 Å². The van der Waals surface area contributed by atoms with Crippen molar-refractivity contribution in [2.24, 2.45) is 0 Å². The molecule has 0 bridgehead atoms. The minimum Gasteiger partial charge on any atom is -0.471 e. The maximum Gasteiger partial charge on any atom is 0.262 e. The molecule has 3 aromatic carbocycles. The van der Waals surface area contributed by atoms with Gasteiger partial charge in [-0.1, -0.05) is 49.4 Å². The Balaban J connectivity index is 1.60. The molecule has 0 aliphatic carbocycles. The number of carbonyl (C=O) groups excluding carboxylic acids is 1. The van der Waals surface area contributed by atoms with Gasteiger partial charge in [0.2, 0.25) is 5.88 Å². The molecule has 5 nitrogen and oxygen atoms in total. The summed E-state index contributed by atoms with van der Waals surface area (Å²) in [4.78, 5) is 13.1. The summed E-state index contributed by atoms with van der Waals surface area (Å²) in [6, 6.07) is 19.7. The predicted molar refractivity (Wildman–Crippen MR) is 122 cm³/mol. The molecule has 168 valence electrons. The van der Waals surface area contributed by atoms with E-state index in [4.69, 9.17) is 4.74 Å². The largest absolute Gasteiger partial charge is 0.471 e. The number of hydrogen-bond acceptors (Lipinski definition) is 3. The summed E-state index contributed by atoms with van der Waals surface area (Å²) in [6.07, 6.45) is 2.33. The summed E-state index contributed by atoms with van der Waals surface area (Å²) in [6.45, 7) is 2.31. The molecule has 33 heavy (non-hydrogen) atoms. The third-order valence-electron chi connectivity index (χ3n) is 5.12. The number of anilines is 1. The van der Waals surface area contributed by atoms with E-state index >= 15 is 0 Å². The van der Waals surface area contributed by atoms with E-state index in [0.717, 1.165) is 12.0 Å². The number of hydrogen-bond donors (Lipinski definition) is 1. The van der Waals surface area contributed by atoms with Gasteiger partial charge in [-0.2, -0.15) is 0 Å². The second-order valence-corrected chi connectivity index (χ2v) is 7.56. The molecule has 0 aliphatic rings. The van der Waals surface area contributed by atoms with E-state index in [2.05, 4.69) is 10.4 Å². The van der Waals surface area contributed by atoms with Crippen molar-refractivity contribution in [2.75, 3.05) is 5.32 Å². The lowest BCUT2D eigenvalue weighted by atomic mass is 10.1. The highest BCUT2D eigenvalue weighted by Gasteiger charge is 2.19. The predicted octanol–water partition coefficient (Wildman–Crippen LogP) is 5.60. The lowest BCUT2D eigenvalue weighted by molar-refractivity contribution is 0.102. The second kappa shape index (κ2) is 10.1. The minimum absolute atomic E-state index is 0.0422. The van der Waals surface area contributed by atoms with Crippen LogP contribution in [0.15, 0.2) is 79.0 Å². The molecule has 1 N–H and O–H groups in total. The number of ether oxygens (including phenoxy) is 1. The molecule has 0 radical (unpaired) electrons. The minimum atomic E-state index is -0.379. The van der Waals surface area contributed by atoms with Gasteiger partial charge in [-0.15, -0.1) is 5.10 Å². The van der Waals surface area contributed by atoms with E-state index in [0.29, 0.717) is 16.8 Å². The van der Waals surface area contributed by atoms with Gasteiger partial charge in [0.05, 0.1) is 6.54 Å². The van der Waals surface area contributed by atoms with Crippen molar-refractivity contribution >= 4 is 11.6 Å². The van der Waals surface area contributed by atoms with Crippen LogP contribution in [0, 0.1) is 11.6 Å². The molecule has 0 atom stereocenters. The van der Waals surface area contributed by atoms with Crippen LogP contribution in [-0.4, -0.2) is 15.7 Å². The highest BCUT2D eigenvalue weighted by Crippen LogP contribution is 2.22. The van der Waals surface area contributed by atoms with Crippen molar-refractivity contribution in [3.63, 3.8) is 0 Å². The Hall–Kier alpha value is -4.00. The maximum atomic E-state index is 13.6. The standard InChI is InChI=1S/C26H23F2N3O2/c1-2-20-9-3-4-12-24(20)29-25(32)23-16-31(15-18-7-5-10-21(27)13-18)30-26(23)33-17-19-8-6-11-22(28)14-19/h3-14,16H,2,15,17H2,1H3,(H,29,32). The van der Waals surface area contributed by atoms with Gasteiger partial charge in [0.1, 0.15) is 23.8 Å². The molecule has 4 aromatic rings. The summed E-state index contributed by atoms with van der Waals surface area (Å²) in [5, 5.41) is 7.31. The van der Waals surface area contributed by atoms with Crippen molar-refractivity contribution in [2.45, 2.75) is 26.5 Å². The molecule has 0 fully saturated rings. The van der Waals surface area contributed by atoms with Gasteiger partial charge in [-0.05, 0) is 53.4 Å². The zero-order valence-electron chi connectivity index (χ0n) is 18.1. The number of amides is 1. The Morgan fingerprint density at radius 2 is 1.67 bits per heavy atom. The Bertz CT molecular complexity index is 1270. The normalized spacial score (nSPS) is 10.8. The molecule has 0 unspecified atom stereocenters. The molecule has 1 amide bonds. The summed E-state index contributed by atoms with van der Waals surface area (Å²) in [5.41, 5.74) is 3.24. The molecule has 4 rings (SSSR count). The van der Waals surface area contributed by atoms with Gasteiger partial charge in [0, 0.05) is 11.9 Å². The van der Waals surface area contributed by atoms with Crippen molar-refractivity contribution in [3.8, 4) is 5.88 Å². The third kappa shape index (κ3) is 5.63. The number of aromatic nitrogens is 2. The monoisotopic (exact) mass is 447 g/mol. The zero-order chi connectivity index (χ0) is 23.2. The van der Waals surface area contributed by atoms with Crippen LogP contribution in [0.5, 0.6) is 5.88 Å². The fraction of sp³-hybridized carbons (Fsp3) is 0.154. The highest BCUT2D eigenvalue weighted by atomic mass is 19.1. The van der Waals surface area contributed by atoms with Gasteiger partial charge in [-0.3, -0.25) is 9.48 Å². The van der Waals surface area contributed by atoms with E-state index in [-0.39, 0.29) is 42.1 Å². The number of para-hydroxylation sites is 1. The van der Waals surface area contributed by atoms with Crippen LogP contribution >= 0.6 is 0 Å². The van der Waals surface area contributed by atoms with Crippen LogP contribution in [0.1, 0.15) is 34.0 Å². The quantitative estimate of drug-likeness (QED) is 0.382. The maximum absolute atomic E-state index is 13.6. The molecule has 0 aliphatic heterocycles. The van der Waals surface area contributed by atoms with E-state index in [1.807, 2.05) is 31.2 Å². The summed E-state index contributed by atoms with van der Waals surface area (Å²) >= 11 is 0. The Labute approximate surface area is 190 Å². The Morgan fingerprint density at radius 1 is 0.970 bits per heavy atom. The molecule has 0 spiro atoms. The fourth-order valence-electron chi connectivity index (χ4n) is 3.49. The first-order chi connectivity index (χ1) is 16.0. The number of halogens is 2. The molecule has 7 heteroatoms. The first kappa shape index (κ1) is 22.2. The van der Waals surface area contributed by atoms with Crippen LogP contribution in [0.3, 0.4) is 0 Å². The van der Waals surface area contributed by atoms with Crippen LogP contribution in [0.25, 0.3) is 0 Å². The third-order valence-corrected chi connectivity index (χ3v) is 5.12. The number of nitrogens with one attached hydrogen (secondary N) is 1. The lowest BCUT2D eigenvalue weighted by Crippen LogP contribution is -2.14. The molecule has 1 heterocycles. The van der Waals surface area contributed by atoms with Crippen molar-refractivity contribution in [3.05, 3.63) is 113 Å². The topological polar surface area (TPSA) is 56.2 Å². The summed E-state index contributed by atoms with van der Waals surface area (Å²) in [7, 11) is 0. The van der Waals surface area contributed by atoms with E-state index in [9.17, 15) is 13.6 Å². The number of benzene rings is 3. The first-order valence-corrected chi connectivity index (χ1v) is 10.6. The highest BCUT2D eigenvalue weighted by molar-refractivity contribution is 6.06. The van der Waals surface area contributed by atoms with Gasteiger partial charge < -0.3 is 10.1 Å². The first-order valence-electron chi connectivity index (χ1n) is 10.6. The molecular weight excluding hydrogens is 424 g/mol. The number of nitrogens with zero attached hydrogens (tertiary/aromatic N) is 2. The molecular formula is C26H23F2N3O2. The van der Waals surface area contributed by atoms with Crippen molar-refractivity contribution < 1.29 is 18.3 Å². The van der Waals surface area contributed by atoms with Gasteiger partial charge in [0.15, 0.2) is 0 Å². The average Bonchev–Trinajstić information content (AvgIpc) is 3.21. The molecule has 0 saturated heterocycles. The van der Waals surface area contributed by atoms with Gasteiger partial charge in [0.25, 0.3) is 5.91 Å². The van der Waals surface area contributed by atoms with E-state index in [1.165, 1.54) is 28.9 Å². The van der Waals surface area contributed by atoms with E-state index < -0.39 is 0 Å². The lowest BCUT2D eigenvalue weighted by Gasteiger charge is -2.10.